The van der Waals surface area contributed by atoms with E-state index in [0.717, 1.165) is 12.3 Å². The molecule has 0 N–H and O–H groups in total. The lowest BCUT2D eigenvalue weighted by atomic mass is 9.46. The molecule has 0 bridgehead atoms. The average Bonchev–Trinajstić information content (AvgIpc) is 2.20. The van der Waals surface area contributed by atoms with Gasteiger partial charge in [-0.05, 0) is 48.3 Å². The van der Waals surface area contributed by atoms with Crippen LogP contribution in [0, 0.1) is 28.6 Å². The molecular weight excluding hydrogens is 208 g/mol. The molecule has 1 aliphatic carbocycles. The minimum atomic E-state index is 0.274. The fourth-order valence-corrected chi connectivity index (χ4v) is 4.09. The SMILES string of the molecule is CC(=O)CC(C)C1(C)[C@H](C)CCC(C)C1(C)C. The molecule has 1 heteroatoms. The summed E-state index contributed by atoms with van der Waals surface area (Å²) in [5.74, 6) is 2.27. The summed E-state index contributed by atoms with van der Waals surface area (Å²) in [4.78, 5) is 11.4. The molecule has 1 rings (SSSR count). The van der Waals surface area contributed by atoms with Crippen molar-refractivity contribution in [2.45, 2.75) is 67.7 Å². The third kappa shape index (κ3) is 2.30. The topological polar surface area (TPSA) is 17.1 Å². The summed E-state index contributed by atoms with van der Waals surface area (Å²) in [7, 11) is 0. The van der Waals surface area contributed by atoms with Crippen LogP contribution in [0.1, 0.15) is 67.7 Å². The van der Waals surface area contributed by atoms with E-state index >= 15 is 0 Å². The van der Waals surface area contributed by atoms with Gasteiger partial charge in [0.25, 0.3) is 0 Å². The van der Waals surface area contributed by atoms with E-state index in [2.05, 4.69) is 41.5 Å². The second-order valence-corrected chi connectivity index (χ2v) is 7.19. The molecule has 0 aromatic rings. The highest BCUT2D eigenvalue weighted by Crippen LogP contribution is 2.60. The van der Waals surface area contributed by atoms with E-state index in [1.54, 1.807) is 6.92 Å². The molecule has 0 heterocycles. The molecule has 17 heavy (non-hydrogen) atoms. The van der Waals surface area contributed by atoms with E-state index in [1.165, 1.54) is 12.8 Å². The molecule has 0 aliphatic heterocycles. The van der Waals surface area contributed by atoms with Crippen LogP contribution in [0.3, 0.4) is 0 Å². The van der Waals surface area contributed by atoms with Crippen molar-refractivity contribution in [3.63, 3.8) is 0 Å². The maximum absolute atomic E-state index is 11.4. The first-order chi connectivity index (χ1) is 7.64. The van der Waals surface area contributed by atoms with Gasteiger partial charge in [0.2, 0.25) is 0 Å². The Hall–Kier alpha value is -0.330. The fraction of sp³-hybridized carbons (Fsp3) is 0.938. The first kappa shape index (κ1) is 14.7. The van der Waals surface area contributed by atoms with Gasteiger partial charge in [0.1, 0.15) is 5.78 Å². The highest BCUT2D eigenvalue weighted by molar-refractivity contribution is 5.75. The van der Waals surface area contributed by atoms with E-state index < -0.39 is 0 Å². The summed E-state index contributed by atoms with van der Waals surface area (Å²) in [6, 6.07) is 0. The lowest BCUT2D eigenvalue weighted by Crippen LogP contribution is -2.52. The van der Waals surface area contributed by atoms with E-state index in [-0.39, 0.29) is 5.41 Å². The van der Waals surface area contributed by atoms with Crippen molar-refractivity contribution in [3.8, 4) is 0 Å². The largest absolute Gasteiger partial charge is 0.300 e. The Morgan fingerprint density at radius 3 is 2.12 bits per heavy atom. The van der Waals surface area contributed by atoms with Crippen LogP contribution in [0.4, 0.5) is 0 Å². The lowest BCUT2D eigenvalue weighted by Gasteiger charge is -2.58. The van der Waals surface area contributed by atoms with Crippen molar-refractivity contribution in [1.82, 2.24) is 0 Å². The third-order valence-electron chi connectivity index (χ3n) is 6.29. The fourth-order valence-electron chi connectivity index (χ4n) is 4.09. The molecule has 0 spiro atoms. The average molecular weight is 238 g/mol. The Balaban J connectivity index is 3.06. The Bertz CT molecular complexity index is 292. The van der Waals surface area contributed by atoms with E-state index in [9.17, 15) is 4.79 Å². The molecule has 1 nitrogen and oxygen atoms in total. The normalized spacial score (nSPS) is 38.8. The number of Topliss-reactive ketones (excluding diaryl/α,β-unsaturated/α-hetero) is 1. The quantitative estimate of drug-likeness (QED) is 0.696. The molecular formula is C16H30O. The van der Waals surface area contributed by atoms with Gasteiger partial charge in [0.15, 0.2) is 0 Å². The Morgan fingerprint density at radius 1 is 1.18 bits per heavy atom. The van der Waals surface area contributed by atoms with Crippen LogP contribution < -0.4 is 0 Å². The zero-order valence-corrected chi connectivity index (χ0v) is 12.8. The Kier molecular flexibility index (Phi) is 4.11. The highest BCUT2D eigenvalue weighted by atomic mass is 16.1. The van der Waals surface area contributed by atoms with Crippen molar-refractivity contribution in [3.05, 3.63) is 0 Å². The van der Waals surface area contributed by atoms with Crippen LogP contribution in [0.5, 0.6) is 0 Å². The molecule has 1 fully saturated rings. The van der Waals surface area contributed by atoms with Crippen molar-refractivity contribution in [2.75, 3.05) is 0 Å². The van der Waals surface area contributed by atoms with Crippen LogP contribution in [-0.4, -0.2) is 5.78 Å². The lowest BCUT2D eigenvalue weighted by molar-refractivity contribution is -0.126. The Morgan fingerprint density at radius 2 is 1.65 bits per heavy atom. The maximum atomic E-state index is 11.4. The van der Waals surface area contributed by atoms with Gasteiger partial charge in [-0.25, -0.2) is 0 Å². The summed E-state index contributed by atoms with van der Waals surface area (Å²) in [6.07, 6.45) is 3.37. The first-order valence-corrected chi connectivity index (χ1v) is 7.13. The van der Waals surface area contributed by atoms with Crippen LogP contribution in [0.2, 0.25) is 0 Å². The van der Waals surface area contributed by atoms with Gasteiger partial charge in [0.05, 0.1) is 0 Å². The van der Waals surface area contributed by atoms with Crippen molar-refractivity contribution < 1.29 is 4.79 Å². The minimum Gasteiger partial charge on any atom is -0.300 e. The molecule has 0 radical (unpaired) electrons. The number of rotatable bonds is 3. The molecule has 1 saturated carbocycles. The third-order valence-corrected chi connectivity index (χ3v) is 6.29. The molecule has 0 aromatic heterocycles. The molecule has 4 atom stereocenters. The van der Waals surface area contributed by atoms with Crippen LogP contribution in [0.25, 0.3) is 0 Å². The van der Waals surface area contributed by atoms with Gasteiger partial charge < -0.3 is 4.79 Å². The predicted octanol–water partition coefficient (Wildman–Crippen LogP) is 4.70. The standard InChI is InChI=1S/C16H30O/c1-11-8-9-12(2)16(7,15(11,5)6)13(3)10-14(4)17/h11-13H,8-10H2,1-7H3/t11?,12-,13?,16?/m1/s1. The van der Waals surface area contributed by atoms with E-state index in [4.69, 9.17) is 0 Å². The zero-order chi connectivity index (χ0) is 13.4. The molecule has 0 saturated heterocycles. The monoisotopic (exact) mass is 238 g/mol. The number of carbonyl (C=O) groups is 1. The van der Waals surface area contributed by atoms with E-state index in [1.807, 2.05) is 0 Å². The molecule has 0 amide bonds. The Labute approximate surface area is 107 Å². The minimum absolute atomic E-state index is 0.274. The maximum Gasteiger partial charge on any atom is 0.130 e. The van der Waals surface area contributed by atoms with Gasteiger partial charge in [-0.15, -0.1) is 0 Å². The van der Waals surface area contributed by atoms with Gasteiger partial charge in [-0.1, -0.05) is 41.5 Å². The summed E-state index contributed by atoms with van der Waals surface area (Å²) >= 11 is 0. The van der Waals surface area contributed by atoms with Crippen LogP contribution >= 0.6 is 0 Å². The predicted molar refractivity (Wildman–Crippen MR) is 73.9 cm³/mol. The van der Waals surface area contributed by atoms with Crippen LogP contribution in [-0.2, 0) is 4.79 Å². The van der Waals surface area contributed by atoms with Gasteiger partial charge >= 0.3 is 0 Å². The number of carbonyl (C=O) groups excluding carboxylic acids is 1. The summed E-state index contributed by atoms with van der Waals surface area (Å²) in [5, 5.41) is 0. The van der Waals surface area contributed by atoms with Crippen molar-refractivity contribution in [2.24, 2.45) is 28.6 Å². The summed E-state index contributed by atoms with van der Waals surface area (Å²) in [6.45, 7) is 16.0. The number of ketones is 1. The first-order valence-electron chi connectivity index (χ1n) is 7.13. The highest BCUT2D eigenvalue weighted by Gasteiger charge is 2.53. The number of hydrogen-bond acceptors (Lipinski definition) is 1. The molecule has 1 aliphatic rings. The zero-order valence-electron chi connectivity index (χ0n) is 12.8. The van der Waals surface area contributed by atoms with Crippen molar-refractivity contribution in [1.29, 1.82) is 0 Å². The summed E-state index contributed by atoms with van der Waals surface area (Å²) < 4.78 is 0. The summed E-state index contributed by atoms with van der Waals surface area (Å²) in [5.41, 5.74) is 0.593. The van der Waals surface area contributed by atoms with Gasteiger partial charge in [-0.3, -0.25) is 0 Å². The second kappa shape index (κ2) is 4.74. The van der Waals surface area contributed by atoms with Crippen LogP contribution in [0.15, 0.2) is 0 Å². The smallest absolute Gasteiger partial charge is 0.130 e. The molecule has 100 valence electrons. The van der Waals surface area contributed by atoms with Gasteiger partial charge in [-0.2, -0.15) is 0 Å². The van der Waals surface area contributed by atoms with E-state index in [0.29, 0.717) is 23.0 Å². The molecule has 0 aromatic carbocycles. The van der Waals surface area contributed by atoms with Gasteiger partial charge in [0, 0.05) is 6.42 Å². The van der Waals surface area contributed by atoms with Crippen molar-refractivity contribution >= 4 is 5.78 Å². The number of hydrogen-bond donors (Lipinski definition) is 0. The second-order valence-electron chi connectivity index (χ2n) is 7.19. The molecule has 3 unspecified atom stereocenters.